The first-order valence-electron chi connectivity index (χ1n) is 4.01. The third-order valence-electron chi connectivity index (χ3n) is 2.01. The van der Waals surface area contributed by atoms with Gasteiger partial charge in [0.2, 0.25) is 0 Å². The zero-order valence-electron chi connectivity index (χ0n) is 7.24. The molecule has 1 saturated heterocycles. The van der Waals surface area contributed by atoms with Gasteiger partial charge in [-0.05, 0) is 6.92 Å². The highest BCUT2D eigenvalue weighted by atomic mass is 35.5. The number of halogens is 1. The summed E-state index contributed by atoms with van der Waals surface area (Å²) < 4.78 is 0. The maximum absolute atomic E-state index is 9.51. The van der Waals surface area contributed by atoms with Gasteiger partial charge in [-0.1, -0.05) is 11.6 Å². The molecule has 1 aliphatic heterocycles. The van der Waals surface area contributed by atoms with Crippen molar-refractivity contribution in [2.24, 2.45) is 0 Å². The standard InChI is InChI=1S/C8H10ClN3O/c1-8(13)3-12(4-8)7-6(9)2-10-5-11-7/h2,5,13H,3-4H2,1H3. The van der Waals surface area contributed by atoms with Gasteiger partial charge in [0, 0.05) is 13.1 Å². The van der Waals surface area contributed by atoms with Crippen molar-refractivity contribution in [1.29, 1.82) is 0 Å². The van der Waals surface area contributed by atoms with Crippen molar-refractivity contribution in [2.45, 2.75) is 12.5 Å². The Morgan fingerprint density at radius 2 is 2.31 bits per heavy atom. The lowest BCUT2D eigenvalue weighted by molar-refractivity contribution is 0.0305. The molecule has 2 heterocycles. The molecule has 1 aliphatic rings. The molecule has 0 spiro atoms. The smallest absolute Gasteiger partial charge is 0.151 e. The summed E-state index contributed by atoms with van der Waals surface area (Å²) in [5.41, 5.74) is -0.603. The first kappa shape index (κ1) is 8.72. The average Bonchev–Trinajstić information content (AvgIpc) is 2.01. The predicted octanol–water partition coefficient (Wildman–Crippen LogP) is 0.701. The molecule has 0 saturated carbocycles. The molecule has 1 aromatic heterocycles. The van der Waals surface area contributed by atoms with Gasteiger partial charge in [-0.3, -0.25) is 0 Å². The van der Waals surface area contributed by atoms with Crippen LogP contribution in [0.3, 0.4) is 0 Å². The van der Waals surface area contributed by atoms with Gasteiger partial charge >= 0.3 is 0 Å². The van der Waals surface area contributed by atoms with Gasteiger partial charge in [0.15, 0.2) is 5.82 Å². The number of aromatic nitrogens is 2. The summed E-state index contributed by atoms with van der Waals surface area (Å²) in [6, 6.07) is 0. The normalized spacial score (nSPS) is 19.8. The molecule has 5 heteroatoms. The third kappa shape index (κ3) is 1.59. The molecule has 0 aliphatic carbocycles. The molecule has 13 heavy (non-hydrogen) atoms. The number of hydrogen-bond acceptors (Lipinski definition) is 4. The van der Waals surface area contributed by atoms with Gasteiger partial charge in [0.25, 0.3) is 0 Å². The summed E-state index contributed by atoms with van der Waals surface area (Å²) in [5, 5.41) is 10.0. The van der Waals surface area contributed by atoms with E-state index in [-0.39, 0.29) is 0 Å². The highest BCUT2D eigenvalue weighted by Crippen LogP contribution is 2.29. The van der Waals surface area contributed by atoms with Crippen LogP contribution in [-0.4, -0.2) is 33.8 Å². The number of anilines is 1. The van der Waals surface area contributed by atoms with Crippen molar-refractivity contribution >= 4 is 17.4 Å². The molecule has 0 amide bonds. The molecule has 4 nitrogen and oxygen atoms in total. The van der Waals surface area contributed by atoms with Crippen LogP contribution in [0, 0.1) is 0 Å². The molecule has 0 bridgehead atoms. The second-order valence-corrected chi connectivity index (χ2v) is 3.95. The third-order valence-corrected chi connectivity index (χ3v) is 2.28. The first-order valence-corrected chi connectivity index (χ1v) is 4.39. The Balaban J connectivity index is 2.16. The maximum atomic E-state index is 9.51. The molecule has 2 rings (SSSR count). The van der Waals surface area contributed by atoms with E-state index < -0.39 is 5.60 Å². The van der Waals surface area contributed by atoms with Crippen molar-refractivity contribution in [3.63, 3.8) is 0 Å². The Labute approximate surface area is 81.2 Å². The van der Waals surface area contributed by atoms with E-state index in [4.69, 9.17) is 11.6 Å². The minimum Gasteiger partial charge on any atom is -0.386 e. The van der Waals surface area contributed by atoms with Gasteiger partial charge in [-0.25, -0.2) is 9.97 Å². The molecule has 0 unspecified atom stereocenters. The summed E-state index contributed by atoms with van der Waals surface area (Å²) in [4.78, 5) is 9.75. The number of aliphatic hydroxyl groups is 1. The topological polar surface area (TPSA) is 49.2 Å². The molecule has 0 aromatic carbocycles. The number of nitrogens with zero attached hydrogens (tertiary/aromatic N) is 3. The number of rotatable bonds is 1. The van der Waals surface area contributed by atoms with Gasteiger partial charge in [0.1, 0.15) is 11.3 Å². The van der Waals surface area contributed by atoms with Crippen LogP contribution in [0.25, 0.3) is 0 Å². The fourth-order valence-corrected chi connectivity index (χ4v) is 1.69. The largest absolute Gasteiger partial charge is 0.386 e. The van der Waals surface area contributed by atoms with Gasteiger partial charge in [0.05, 0.1) is 11.8 Å². The van der Waals surface area contributed by atoms with Crippen LogP contribution >= 0.6 is 11.6 Å². The molecular weight excluding hydrogens is 190 g/mol. The van der Waals surface area contributed by atoms with Gasteiger partial charge in [-0.2, -0.15) is 0 Å². The summed E-state index contributed by atoms with van der Waals surface area (Å²) in [7, 11) is 0. The quantitative estimate of drug-likeness (QED) is 0.724. The Bertz CT molecular complexity index is 321. The van der Waals surface area contributed by atoms with Crippen LogP contribution in [0.4, 0.5) is 5.82 Å². The molecular formula is C8H10ClN3O. The molecule has 70 valence electrons. The van der Waals surface area contributed by atoms with E-state index in [9.17, 15) is 5.11 Å². The summed E-state index contributed by atoms with van der Waals surface area (Å²) >= 11 is 5.88. The van der Waals surface area contributed by atoms with Crippen LogP contribution < -0.4 is 4.90 Å². The highest BCUT2D eigenvalue weighted by Gasteiger charge is 2.37. The number of hydrogen-bond donors (Lipinski definition) is 1. The van der Waals surface area contributed by atoms with E-state index in [1.807, 2.05) is 4.90 Å². The SMILES string of the molecule is CC1(O)CN(c2ncncc2Cl)C1. The van der Waals surface area contributed by atoms with E-state index in [0.29, 0.717) is 23.9 Å². The molecule has 1 fully saturated rings. The van der Waals surface area contributed by atoms with Gasteiger partial charge in [-0.15, -0.1) is 0 Å². The van der Waals surface area contributed by atoms with Gasteiger partial charge < -0.3 is 10.0 Å². The van der Waals surface area contributed by atoms with Crippen LogP contribution in [0.2, 0.25) is 5.02 Å². The summed E-state index contributed by atoms with van der Waals surface area (Å²) in [5.74, 6) is 0.697. The van der Waals surface area contributed by atoms with E-state index in [1.165, 1.54) is 6.33 Å². The lowest BCUT2D eigenvalue weighted by Gasteiger charge is -2.45. The second-order valence-electron chi connectivity index (χ2n) is 3.55. The lowest BCUT2D eigenvalue weighted by Crippen LogP contribution is -2.60. The Morgan fingerprint density at radius 3 is 2.85 bits per heavy atom. The van der Waals surface area contributed by atoms with Crippen LogP contribution in [0.5, 0.6) is 0 Å². The first-order chi connectivity index (χ1) is 6.08. The zero-order chi connectivity index (χ0) is 9.47. The Morgan fingerprint density at radius 1 is 1.62 bits per heavy atom. The van der Waals surface area contributed by atoms with Crippen molar-refractivity contribution in [1.82, 2.24) is 9.97 Å². The molecule has 1 N–H and O–H groups in total. The Hall–Kier alpha value is -0.870. The lowest BCUT2D eigenvalue weighted by atomic mass is 9.97. The Kier molecular flexibility index (Phi) is 1.89. The zero-order valence-corrected chi connectivity index (χ0v) is 7.99. The molecule has 1 aromatic rings. The molecule has 0 atom stereocenters. The van der Waals surface area contributed by atoms with E-state index in [0.717, 1.165) is 0 Å². The van der Waals surface area contributed by atoms with E-state index >= 15 is 0 Å². The second kappa shape index (κ2) is 2.82. The van der Waals surface area contributed by atoms with Crippen LogP contribution in [-0.2, 0) is 0 Å². The van der Waals surface area contributed by atoms with Crippen molar-refractivity contribution in [3.05, 3.63) is 17.5 Å². The van der Waals surface area contributed by atoms with Crippen molar-refractivity contribution in [2.75, 3.05) is 18.0 Å². The maximum Gasteiger partial charge on any atom is 0.151 e. The van der Waals surface area contributed by atoms with E-state index in [2.05, 4.69) is 9.97 Å². The van der Waals surface area contributed by atoms with Crippen LogP contribution in [0.15, 0.2) is 12.5 Å². The predicted molar refractivity (Wildman–Crippen MR) is 49.9 cm³/mol. The average molecular weight is 200 g/mol. The minimum absolute atomic E-state index is 0.526. The minimum atomic E-state index is -0.603. The fourth-order valence-electron chi connectivity index (χ4n) is 1.46. The molecule has 0 radical (unpaired) electrons. The van der Waals surface area contributed by atoms with Crippen molar-refractivity contribution < 1.29 is 5.11 Å². The summed E-state index contributed by atoms with van der Waals surface area (Å²) in [6.07, 6.45) is 3.01. The number of β-amino-alcohol motifs (C(OH)–C–C–N with tert-alkyl or cyclic N) is 1. The van der Waals surface area contributed by atoms with Crippen molar-refractivity contribution in [3.8, 4) is 0 Å². The highest BCUT2D eigenvalue weighted by molar-refractivity contribution is 6.32. The monoisotopic (exact) mass is 199 g/mol. The van der Waals surface area contributed by atoms with E-state index in [1.54, 1.807) is 13.1 Å². The summed E-state index contributed by atoms with van der Waals surface area (Å²) in [6.45, 7) is 2.94. The van der Waals surface area contributed by atoms with Crippen LogP contribution in [0.1, 0.15) is 6.92 Å². The fraction of sp³-hybridized carbons (Fsp3) is 0.500.